The Morgan fingerprint density at radius 1 is 1.26 bits per heavy atom. The minimum absolute atomic E-state index is 0.0470. The van der Waals surface area contributed by atoms with Crippen molar-refractivity contribution in [3.05, 3.63) is 17.5 Å². The van der Waals surface area contributed by atoms with Gasteiger partial charge in [0.25, 0.3) is 0 Å². The Morgan fingerprint density at radius 3 is 2.56 bits per heavy atom. The molecule has 27 heavy (non-hydrogen) atoms. The molecular formula is C22H37N3O2. The zero-order valence-electron chi connectivity index (χ0n) is 17.6. The molecule has 1 saturated carbocycles. The molecule has 1 aromatic heterocycles. The summed E-state index contributed by atoms with van der Waals surface area (Å²) in [4.78, 5) is 14.9. The first-order valence-corrected chi connectivity index (χ1v) is 10.9. The molecule has 2 fully saturated rings. The van der Waals surface area contributed by atoms with E-state index >= 15 is 0 Å². The van der Waals surface area contributed by atoms with Crippen LogP contribution in [0.1, 0.15) is 95.7 Å². The number of nitrogens with zero attached hydrogens (tertiary/aromatic N) is 2. The molecule has 3 rings (SSSR count). The number of hydrogen-bond donors (Lipinski definition) is 1. The molecule has 0 atom stereocenters. The van der Waals surface area contributed by atoms with Crippen molar-refractivity contribution in [2.75, 3.05) is 13.6 Å². The normalized spacial score (nSPS) is 27.4. The van der Waals surface area contributed by atoms with Crippen LogP contribution in [0.15, 0.2) is 6.20 Å². The molecule has 1 spiro atoms. The molecule has 0 bridgehead atoms. The largest absolute Gasteiger partial charge is 0.459 e. The van der Waals surface area contributed by atoms with E-state index in [1.807, 2.05) is 6.20 Å². The van der Waals surface area contributed by atoms with E-state index < -0.39 is 0 Å². The first-order chi connectivity index (χ1) is 13.0. The van der Waals surface area contributed by atoms with Crippen LogP contribution in [0.5, 0.6) is 0 Å². The van der Waals surface area contributed by atoms with Gasteiger partial charge in [0.15, 0.2) is 0 Å². The number of unbranched alkanes of at least 4 members (excludes halogenated alkanes) is 1. The highest BCUT2D eigenvalue weighted by atomic mass is 16.6. The summed E-state index contributed by atoms with van der Waals surface area (Å²) in [5.74, 6) is 0.551. The van der Waals surface area contributed by atoms with E-state index in [-0.39, 0.29) is 17.0 Å². The van der Waals surface area contributed by atoms with Gasteiger partial charge in [-0.2, -0.15) is 5.10 Å². The number of rotatable bonds is 8. The summed E-state index contributed by atoms with van der Waals surface area (Å²) in [5, 5.41) is 7.62. The van der Waals surface area contributed by atoms with Crippen LogP contribution in [-0.4, -0.2) is 40.3 Å². The van der Waals surface area contributed by atoms with E-state index in [9.17, 15) is 4.79 Å². The third-order valence-corrected chi connectivity index (χ3v) is 7.15. The third-order valence-electron chi connectivity index (χ3n) is 7.15. The van der Waals surface area contributed by atoms with Crippen molar-refractivity contribution in [2.45, 2.75) is 96.6 Å². The number of aromatic amines is 1. The second-order valence-electron chi connectivity index (χ2n) is 8.91. The molecule has 1 saturated heterocycles. The molecule has 152 valence electrons. The van der Waals surface area contributed by atoms with Crippen molar-refractivity contribution in [3.63, 3.8) is 0 Å². The Bertz CT molecular complexity index is 627. The van der Waals surface area contributed by atoms with E-state index in [0.29, 0.717) is 5.92 Å². The number of ether oxygens (including phenoxy) is 1. The molecule has 1 aliphatic carbocycles. The van der Waals surface area contributed by atoms with Crippen LogP contribution >= 0.6 is 0 Å². The quantitative estimate of drug-likeness (QED) is 0.664. The molecule has 1 aliphatic heterocycles. The van der Waals surface area contributed by atoms with Crippen LogP contribution in [-0.2, 0) is 16.1 Å². The summed E-state index contributed by atoms with van der Waals surface area (Å²) in [5.41, 5.74) is 2.18. The Kier molecular flexibility index (Phi) is 6.29. The molecule has 2 heterocycles. The number of esters is 1. The lowest BCUT2D eigenvalue weighted by Crippen LogP contribution is -2.34. The van der Waals surface area contributed by atoms with E-state index in [1.54, 1.807) is 0 Å². The van der Waals surface area contributed by atoms with Crippen LogP contribution in [0, 0.1) is 5.41 Å². The lowest BCUT2D eigenvalue weighted by atomic mass is 9.69. The van der Waals surface area contributed by atoms with Crippen LogP contribution in [0.2, 0.25) is 0 Å². The lowest BCUT2D eigenvalue weighted by molar-refractivity contribution is -0.156. The average Bonchev–Trinajstić information content (AvgIpc) is 3.23. The summed E-state index contributed by atoms with van der Waals surface area (Å²) >= 11 is 0. The predicted molar refractivity (Wildman–Crippen MR) is 107 cm³/mol. The summed E-state index contributed by atoms with van der Waals surface area (Å²) in [6.45, 7) is 8.57. The van der Waals surface area contributed by atoms with Crippen molar-refractivity contribution >= 4 is 5.97 Å². The van der Waals surface area contributed by atoms with Crippen LogP contribution in [0.4, 0.5) is 0 Å². The molecule has 0 amide bonds. The van der Waals surface area contributed by atoms with E-state index in [2.05, 4.69) is 42.9 Å². The SMILES string of the molecule is CCCCN(C)Cc1cn[nH]c1C1CCC2(CC1)CC(CC)(CC)C(=O)O2. The standard InChI is InChI=1S/C22H37N3O2/c1-5-8-13-25(4)15-18-14-23-24-19(18)17-9-11-22(12-10-17)16-21(6-2,7-3)20(26)27-22/h14,17H,5-13,15-16H2,1-4H3,(H,23,24). The summed E-state index contributed by atoms with van der Waals surface area (Å²) < 4.78 is 6.02. The molecule has 5 nitrogen and oxygen atoms in total. The number of H-pyrrole nitrogens is 1. The fraction of sp³-hybridized carbons (Fsp3) is 0.818. The van der Waals surface area contributed by atoms with Gasteiger partial charge in [-0.15, -0.1) is 0 Å². The van der Waals surface area contributed by atoms with Gasteiger partial charge in [-0.3, -0.25) is 9.89 Å². The van der Waals surface area contributed by atoms with Gasteiger partial charge in [-0.05, 0) is 58.5 Å². The topological polar surface area (TPSA) is 58.2 Å². The zero-order chi connectivity index (χ0) is 19.5. The summed E-state index contributed by atoms with van der Waals surface area (Å²) in [6.07, 6.45) is 11.3. The van der Waals surface area contributed by atoms with Gasteiger partial charge in [0.05, 0.1) is 11.6 Å². The second-order valence-corrected chi connectivity index (χ2v) is 8.91. The molecule has 1 aromatic rings. The summed E-state index contributed by atoms with van der Waals surface area (Å²) in [6, 6.07) is 0. The van der Waals surface area contributed by atoms with Gasteiger partial charge in [0.1, 0.15) is 5.60 Å². The lowest BCUT2D eigenvalue weighted by Gasteiger charge is -2.36. The van der Waals surface area contributed by atoms with Crippen LogP contribution in [0.3, 0.4) is 0 Å². The number of nitrogens with one attached hydrogen (secondary N) is 1. The highest BCUT2D eigenvalue weighted by Gasteiger charge is 2.55. The number of hydrogen-bond acceptors (Lipinski definition) is 4. The van der Waals surface area contributed by atoms with Crippen molar-refractivity contribution in [1.82, 2.24) is 15.1 Å². The fourth-order valence-electron chi connectivity index (χ4n) is 5.13. The number of carbonyl (C=O) groups is 1. The maximum Gasteiger partial charge on any atom is 0.312 e. The summed E-state index contributed by atoms with van der Waals surface area (Å²) in [7, 11) is 2.19. The Labute approximate surface area is 164 Å². The van der Waals surface area contributed by atoms with E-state index in [1.165, 1.54) is 24.1 Å². The van der Waals surface area contributed by atoms with Gasteiger partial charge >= 0.3 is 5.97 Å². The van der Waals surface area contributed by atoms with Crippen LogP contribution < -0.4 is 0 Å². The third kappa shape index (κ3) is 4.08. The Morgan fingerprint density at radius 2 is 1.96 bits per heavy atom. The maximum atomic E-state index is 12.6. The molecule has 0 aromatic carbocycles. The molecule has 5 heteroatoms. The molecule has 2 aliphatic rings. The minimum atomic E-state index is -0.242. The fourth-order valence-corrected chi connectivity index (χ4v) is 5.13. The van der Waals surface area contributed by atoms with Crippen molar-refractivity contribution in [3.8, 4) is 0 Å². The van der Waals surface area contributed by atoms with Crippen molar-refractivity contribution < 1.29 is 9.53 Å². The van der Waals surface area contributed by atoms with Crippen molar-refractivity contribution in [2.24, 2.45) is 5.41 Å². The maximum absolute atomic E-state index is 12.6. The molecule has 1 N–H and O–H groups in total. The van der Waals surface area contributed by atoms with Gasteiger partial charge < -0.3 is 9.64 Å². The predicted octanol–water partition coefficient (Wildman–Crippen LogP) is 4.79. The van der Waals surface area contributed by atoms with Gasteiger partial charge in [-0.25, -0.2) is 0 Å². The van der Waals surface area contributed by atoms with Crippen LogP contribution in [0.25, 0.3) is 0 Å². The smallest absolute Gasteiger partial charge is 0.312 e. The van der Waals surface area contributed by atoms with Crippen molar-refractivity contribution in [1.29, 1.82) is 0 Å². The van der Waals surface area contributed by atoms with Gasteiger partial charge in [0.2, 0.25) is 0 Å². The van der Waals surface area contributed by atoms with E-state index in [0.717, 1.165) is 58.0 Å². The van der Waals surface area contributed by atoms with Gasteiger partial charge in [0, 0.05) is 30.1 Å². The Balaban J connectivity index is 1.62. The second kappa shape index (κ2) is 8.34. The minimum Gasteiger partial charge on any atom is -0.459 e. The first-order valence-electron chi connectivity index (χ1n) is 10.9. The number of aromatic nitrogens is 2. The average molecular weight is 376 g/mol. The Hall–Kier alpha value is -1.36. The zero-order valence-corrected chi connectivity index (χ0v) is 17.6. The van der Waals surface area contributed by atoms with E-state index in [4.69, 9.17) is 4.74 Å². The number of carbonyl (C=O) groups excluding carboxylic acids is 1. The first kappa shape index (κ1) is 20.4. The van der Waals surface area contributed by atoms with Gasteiger partial charge in [-0.1, -0.05) is 27.2 Å². The molecular weight excluding hydrogens is 338 g/mol. The molecule has 0 radical (unpaired) electrons. The monoisotopic (exact) mass is 375 g/mol. The highest BCUT2D eigenvalue weighted by molar-refractivity contribution is 5.79. The highest BCUT2D eigenvalue weighted by Crippen LogP contribution is 2.53. The molecule has 0 unspecified atom stereocenters.